The van der Waals surface area contributed by atoms with Gasteiger partial charge in [0.1, 0.15) is 6.10 Å². The zero-order valence-corrected chi connectivity index (χ0v) is 14.3. The van der Waals surface area contributed by atoms with E-state index in [1.807, 2.05) is 39.5 Å². The second-order valence-corrected chi connectivity index (χ2v) is 6.96. The van der Waals surface area contributed by atoms with Crippen molar-refractivity contribution in [3.8, 4) is 5.88 Å². The van der Waals surface area contributed by atoms with Crippen LogP contribution in [-0.4, -0.2) is 50.7 Å². The van der Waals surface area contributed by atoms with Crippen molar-refractivity contribution < 1.29 is 14.6 Å². The number of nitrogens with zero attached hydrogens (tertiary/aromatic N) is 3. The first kappa shape index (κ1) is 17.1. The van der Waals surface area contributed by atoms with E-state index in [-0.39, 0.29) is 12.1 Å². The van der Waals surface area contributed by atoms with Crippen LogP contribution in [0.1, 0.15) is 45.5 Å². The lowest BCUT2D eigenvalue weighted by Crippen LogP contribution is -2.44. The van der Waals surface area contributed by atoms with Gasteiger partial charge in [0.25, 0.3) is 0 Å². The SMILES string of the molecule is Cc1ncc(O[C@@H]2C[C@H](C)N(C(O)OC(C)(C)C)C2)nc1C. The molecule has 6 nitrogen and oxygen atoms in total. The Bertz CT molecular complexity index is 516. The van der Waals surface area contributed by atoms with Crippen LogP contribution < -0.4 is 4.74 Å². The van der Waals surface area contributed by atoms with Gasteiger partial charge in [-0.3, -0.25) is 4.98 Å². The van der Waals surface area contributed by atoms with Gasteiger partial charge in [0.05, 0.1) is 23.2 Å². The van der Waals surface area contributed by atoms with Crippen LogP contribution in [0.4, 0.5) is 0 Å². The summed E-state index contributed by atoms with van der Waals surface area (Å²) in [7, 11) is 0. The molecule has 0 amide bonds. The van der Waals surface area contributed by atoms with Gasteiger partial charge < -0.3 is 14.6 Å². The van der Waals surface area contributed by atoms with Crippen molar-refractivity contribution >= 4 is 0 Å². The Morgan fingerprint density at radius 1 is 1.32 bits per heavy atom. The molecule has 22 heavy (non-hydrogen) atoms. The van der Waals surface area contributed by atoms with Gasteiger partial charge in [-0.1, -0.05) is 0 Å². The molecule has 0 saturated carbocycles. The summed E-state index contributed by atoms with van der Waals surface area (Å²) < 4.78 is 11.5. The topological polar surface area (TPSA) is 67.7 Å². The summed E-state index contributed by atoms with van der Waals surface area (Å²) in [6, 6.07) is 0.182. The van der Waals surface area contributed by atoms with E-state index in [1.54, 1.807) is 6.20 Å². The third-order valence-corrected chi connectivity index (χ3v) is 3.78. The Morgan fingerprint density at radius 2 is 2.00 bits per heavy atom. The third-order valence-electron chi connectivity index (χ3n) is 3.78. The molecule has 2 heterocycles. The molecule has 1 saturated heterocycles. The Balaban J connectivity index is 1.96. The van der Waals surface area contributed by atoms with Crippen molar-refractivity contribution in [1.29, 1.82) is 0 Å². The summed E-state index contributed by atoms with van der Waals surface area (Å²) in [4.78, 5) is 10.6. The normalized spacial score (nSPS) is 24.5. The Morgan fingerprint density at radius 3 is 2.59 bits per heavy atom. The fourth-order valence-corrected chi connectivity index (χ4v) is 2.53. The van der Waals surface area contributed by atoms with E-state index in [0.717, 1.165) is 17.8 Å². The van der Waals surface area contributed by atoms with Crippen LogP contribution in [-0.2, 0) is 4.74 Å². The van der Waals surface area contributed by atoms with Crippen LogP contribution in [0.5, 0.6) is 5.88 Å². The van der Waals surface area contributed by atoms with E-state index in [9.17, 15) is 5.11 Å². The fraction of sp³-hybridized carbons (Fsp3) is 0.750. The van der Waals surface area contributed by atoms with Crippen molar-refractivity contribution in [3.63, 3.8) is 0 Å². The molecule has 0 aliphatic carbocycles. The molecule has 1 aliphatic heterocycles. The van der Waals surface area contributed by atoms with Crippen molar-refractivity contribution in [1.82, 2.24) is 14.9 Å². The van der Waals surface area contributed by atoms with Gasteiger partial charge in [-0.25, -0.2) is 9.88 Å². The minimum Gasteiger partial charge on any atom is -0.472 e. The second kappa shape index (κ2) is 6.48. The lowest BCUT2D eigenvalue weighted by Gasteiger charge is -2.32. The van der Waals surface area contributed by atoms with Crippen LogP contribution in [0.3, 0.4) is 0 Å². The molecule has 1 N–H and O–H groups in total. The highest BCUT2D eigenvalue weighted by molar-refractivity contribution is 5.14. The Labute approximate surface area is 132 Å². The van der Waals surface area contributed by atoms with Crippen molar-refractivity contribution in [2.45, 2.75) is 72.1 Å². The van der Waals surface area contributed by atoms with E-state index < -0.39 is 12.0 Å². The number of hydrogen-bond acceptors (Lipinski definition) is 6. The predicted molar refractivity (Wildman–Crippen MR) is 83.6 cm³/mol. The summed E-state index contributed by atoms with van der Waals surface area (Å²) >= 11 is 0. The summed E-state index contributed by atoms with van der Waals surface area (Å²) in [6.07, 6.45) is 1.52. The van der Waals surface area contributed by atoms with Crippen LogP contribution in [0.25, 0.3) is 0 Å². The molecule has 0 spiro atoms. The molecule has 1 unspecified atom stereocenters. The molecule has 124 valence electrons. The van der Waals surface area contributed by atoms with Crippen molar-refractivity contribution in [2.24, 2.45) is 0 Å². The zero-order chi connectivity index (χ0) is 16.5. The molecule has 1 fully saturated rings. The van der Waals surface area contributed by atoms with Gasteiger partial charge in [0, 0.05) is 19.0 Å². The predicted octanol–water partition coefficient (Wildman–Crippen LogP) is 2.03. The average Bonchev–Trinajstić information content (AvgIpc) is 2.73. The molecular weight excluding hydrogens is 282 g/mol. The number of rotatable bonds is 4. The van der Waals surface area contributed by atoms with Crippen molar-refractivity contribution in [3.05, 3.63) is 17.6 Å². The molecule has 1 aliphatic rings. The fourth-order valence-electron chi connectivity index (χ4n) is 2.53. The monoisotopic (exact) mass is 309 g/mol. The highest BCUT2D eigenvalue weighted by atomic mass is 16.6. The molecule has 0 radical (unpaired) electrons. The van der Waals surface area contributed by atoms with Crippen molar-refractivity contribution in [2.75, 3.05) is 6.54 Å². The highest BCUT2D eigenvalue weighted by Crippen LogP contribution is 2.25. The lowest BCUT2D eigenvalue weighted by molar-refractivity contribution is -0.241. The van der Waals surface area contributed by atoms with Gasteiger partial charge in [-0.05, 0) is 41.5 Å². The number of hydrogen-bond donors (Lipinski definition) is 1. The van der Waals surface area contributed by atoms with E-state index in [4.69, 9.17) is 9.47 Å². The van der Waals surface area contributed by atoms with Crippen LogP contribution in [0, 0.1) is 13.8 Å². The maximum atomic E-state index is 10.2. The number of aromatic nitrogens is 2. The first-order valence-electron chi connectivity index (χ1n) is 7.74. The molecule has 1 aromatic rings. The standard InChI is InChI=1S/C16H27N3O3/c1-10-7-13(9-19(10)15(20)22-16(4,5)6)21-14-8-17-11(2)12(3)18-14/h8,10,13,15,20H,7,9H2,1-6H3/t10-,13+,15?/m0/s1. The minimum atomic E-state index is -0.922. The smallest absolute Gasteiger partial charge is 0.232 e. The van der Waals surface area contributed by atoms with E-state index in [2.05, 4.69) is 16.9 Å². The molecule has 2 rings (SSSR count). The maximum Gasteiger partial charge on any atom is 0.232 e. The number of aliphatic hydroxyl groups excluding tert-OH is 1. The summed E-state index contributed by atoms with van der Waals surface area (Å²) in [5.41, 5.74) is 1.39. The first-order chi connectivity index (χ1) is 10.2. The van der Waals surface area contributed by atoms with E-state index in [1.165, 1.54) is 0 Å². The Kier molecular flexibility index (Phi) is 5.04. The highest BCUT2D eigenvalue weighted by Gasteiger charge is 2.36. The molecule has 3 atom stereocenters. The largest absolute Gasteiger partial charge is 0.472 e. The number of ether oxygens (including phenoxy) is 2. The summed E-state index contributed by atoms with van der Waals surface area (Å²) in [5.74, 6) is 0.536. The first-order valence-corrected chi connectivity index (χ1v) is 7.74. The molecule has 6 heteroatoms. The van der Waals surface area contributed by atoms with Gasteiger partial charge in [0.2, 0.25) is 12.3 Å². The second-order valence-electron chi connectivity index (χ2n) is 6.96. The van der Waals surface area contributed by atoms with Gasteiger partial charge in [-0.2, -0.15) is 0 Å². The quantitative estimate of drug-likeness (QED) is 0.858. The molecule has 0 aromatic carbocycles. The number of aryl methyl sites for hydroxylation is 2. The van der Waals surface area contributed by atoms with Crippen LogP contribution in [0.15, 0.2) is 6.20 Å². The lowest BCUT2D eigenvalue weighted by atomic mass is 10.2. The van der Waals surface area contributed by atoms with Gasteiger partial charge in [0.15, 0.2) is 0 Å². The van der Waals surface area contributed by atoms with E-state index >= 15 is 0 Å². The number of likely N-dealkylation sites (tertiary alicyclic amines) is 1. The van der Waals surface area contributed by atoms with Crippen LogP contribution in [0.2, 0.25) is 0 Å². The summed E-state index contributed by atoms with van der Waals surface area (Å²) in [5, 5.41) is 10.2. The molecule has 1 aromatic heterocycles. The van der Waals surface area contributed by atoms with E-state index in [0.29, 0.717) is 12.4 Å². The zero-order valence-electron chi connectivity index (χ0n) is 14.3. The minimum absolute atomic E-state index is 0.0235. The maximum absolute atomic E-state index is 10.2. The third kappa shape index (κ3) is 4.38. The average molecular weight is 309 g/mol. The number of aliphatic hydroxyl groups is 1. The van der Waals surface area contributed by atoms with Gasteiger partial charge >= 0.3 is 0 Å². The Hall–Kier alpha value is -1.24. The molecular formula is C16H27N3O3. The van der Waals surface area contributed by atoms with Gasteiger partial charge in [-0.15, -0.1) is 0 Å². The summed E-state index contributed by atoms with van der Waals surface area (Å²) in [6.45, 7) is 12.3. The van der Waals surface area contributed by atoms with Crippen LogP contribution >= 0.6 is 0 Å². The molecule has 0 bridgehead atoms.